The molecule has 1 aliphatic rings. The highest BCUT2D eigenvalue weighted by Crippen LogP contribution is 2.13. The van der Waals surface area contributed by atoms with Gasteiger partial charge in [-0.15, -0.1) is 0 Å². The maximum atomic E-state index is 11.7. The predicted octanol–water partition coefficient (Wildman–Crippen LogP) is 2.35. The first-order valence-electron chi connectivity index (χ1n) is 8.28. The number of benzene rings is 2. The molecule has 2 amide bonds. The Morgan fingerprint density at radius 1 is 0.960 bits per heavy atom. The molecular formula is C20H22N2O3. The van der Waals surface area contributed by atoms with Crippen LogP contribution in [0, 0.1) is 5.92 Å². The summed E-state index contributed by atoms with van der Waals surface area (Å²) in [5.41, 5.74) is 7.53. The molecule has 1 heterocycles. The minimum absolute atomic E-state index is 0.0233. The molecule has 0 aliphatic carbocycles. The smallest absolute Gasteiger partial charge is 0.258 e. The summed E-state index contributed by atoms with van der Waals surface area (Å²) in [6.07, 6.45) is 1.35. The summed E-state index contributed by atoms with van der Waals surface area (Å²) in [6.45, 7) is 2.46. The second kappa shape index (κ2) is 8.89. The van der Waals surface area contributed by atoms with Crippen molar-refractivity contribution in [3.63, 3.8) is 0 Å². The Hall–Kier alpha value is -2.79. The zero-order valence-corrected chi connectivity index (χ0v) is 14.2. The molecule has 3 rings (SSSR count). The number of ketones is 1. The minimum atomic E-state index is -0.300. The van der Waals surface area contributed by atoms with Crippen molar-refractivity contribution in [1.82, 2.24) is 5.32 Å². The van der Waals surface area contributed by atoms with E-state index in [1.807, 2.05) is 37.3 Å². The Balaban J connectivity index is 0.000000185. The van der Waals surface area contributed by atoms with E-state index in [4.69, 9.17) is 5.73 Å². The van der Waals surface area contributed by atoms with Crippen LogP contribution >= 0.6 is 0 Å². The van der Waals surface area contributed by atoms with Gasteiger partial charge in [-0.05, 0) is 24.1 Å². The Morgan fingerprint density at radius 2 is 1.48 bits per heavy atom. The SMILES string of the molecule is CCC(CN)C(=O)Cc1ccccc1.O=C1NC(=O)c2ccccc21. The lowest BCUT2D eigenvalue weighted by Crippen LogP contribution is -2.24. The first kappa shape index (κ1) is 18.5. The van der Waals surface area contributed by atoms with Gasteiger partial charge >= 0.3 is 0 Å². The third kappa shape index (κ3) is 4.84. The van der Waals surface area contributed by atoms with Gasteiger partial charge in [-0.2, -0.15) is 0 Å². The standard InChI is InChI=1S/C12H17NO.C8H5NO2/c1-2-11(9-13)12(14)8-10-6-4-3-5-7-10;10-7-5-3-1-2-4-6(5)8(11)9-7/h3-7,11H,2,8-9,13H2,1H3;1-4H,(H,9,10,11). The fourth-order valence-electron chi connectivity index (χ4n) is 2.58. The number of nitrogens with two attached hydrogens (primary N) is 1. The van der Waals surface area contributed by atoms with Gasteiger partial charge in [0.05, 0.1) is 11.1 Å². The third-order valence-corrected chi connectivity index (χ3v) is 4.10. The summed E-state index contributed by atoms with van der Waals surface area (Å²) < 4.78 is 0. The highest BCUT2D eigenvalue weighted by atomic mass is 16.2. The van der Waals surface area contributed by atoms with Crippen molar-refractivity contribution in [3.05, 3.63) is 71.3 Å². The average molecular weight is 338 g/mol. The van der Waals surface area contributed by atoms with Gasteiger partial charge in [-0.25, -0.2) is 0 Å². The molecule has 130 valence electrons. The van der Waals surface area contributed by atoms with Gasteiger partial charge < -0.3 is 5.73 Å². The number of carbonyl (C=O) groups is 3. The van der Waals surface area contributed by atoms with E-state index < -0.39 is 0 Å². The van der Waals surface area contributed by atoms with Crippen molar-refractivity contribution in [2.45, 2.75) is 19.8 Å². The monoisotopic (exact) mass is 338 g/mol. The first-order chi connectivity index (χ1) is 12.1. The number of Topliss-reactive ketones (excluding diaryl/α,β-unsaturated/α-hetero) is 1. The zero-order valence-electron chi connectivity index (χ0n) is 14.2. The molecule has 2 aromatic rings. The van der Waals surface area contributed by atoms with E-state index in [-0.39, 0.29) is 23.5 Å². The van der Waals surface area contributed by atoms with Crippen LogP contribution in [-0.2, 0) is 11.2 Å². The van der Waals surface area contributed by atoms with Crippen LogP contribution < -0.4 is 11.1 Å². The van der Waals surface area contributed by atoms with E-state index in [2.05, 4.69) is 5.32 Å². The van der Waals surface area contributed by atoms with Gasteiger partial charge in [0.25, 0.3) is 11.8 Å². The number of amides is 2. The van der Waals surface area contributed by atoms with E-state index in [0.29, 0.717) is 24.1 Å². The molecule has 1 atom stereocenters. The quantitative estimate of drug-likeness (QED) is 0.819. The largest absolute Gasteiger partial charge is 0.330 e. The van der Waals surface area contributed by atoms with Crippen LogP contribution in [0.25, 0.3) is 0 Å². The molecule has 5 heteroatoms. The molecule has 0 fully saturated rings. The summed E-state index contributed by atoms with van der Waals surface area (Å²) in [4.78, 5) is 33.6. The number of imide groups is 1. The number of nitrogens with one attached hydrogen (secondary N) is 1. The molecule has 25 heavy (non-hydrogen) atoms. The van der Waals surface area contributed by atoms with Crippen LogP contribution in [0.3, 0.4) is 0 Å². The van der Waals surface area contributed by atoms with Crippen molar-refractivity contribution in [2.75, 3.05) is 6.54 Å². The Labute approximate surface area is 147 Å². The lowest BCUT2D eigenvalue weighted by Gasteiger charge is -2.10. The van der Waals surface area contributed by atoms with Crippen LogP contribution in [0.2, 0.25) is 0 Å². The van der Waals surface area contributed by atoms with Crippen molar-refractivity contribution < 1.29 is 14.4 Å². The molecule has 3 N–H and O–H groups in total. The normalized spacial score (nSPS) is 13.4. The second-order valence-electron chi connectivity index (χ2n) is 5.80. The van der Waals surface area contributed by atoms with E-state index in [1.165, 1.54) is 0 Å². The summed E-state index contributed by atoms with van der Waals surface area (Å²) >= 11 is 0. The number of hydrogen-bond acceptors (Lipinski definition) is 4. The molecule has 0 spiro atoms. The van der Waals surface area contributed by atoms with Crippen LogP contribution in [0.4, 0.5) is 0 Å². The summed E-state index contributed by atoms with van der Waals surface area (Å²) in [5, 5.41) is 2.20. The lowest BCUT2D eigenvalue weighted by molar-refractivity contribution is -0.122. The van der Waals surface area contributed by atoms with E-state index in [1.54, 1.807) is 24.3 Å². The number of hydrogen-bond donors (Lipinski definition) is 2. The van der Waals surface area contributed by atoms with Gasteiger partial charge in [-0.1, -0.05) is 49.4 Å². The van der Waals surface area contributed by atoms with Gasteiger partial charge in [0.15, 0.2) is 0 Å². The van der Waals surface area contributed by atoms with Crippen molar-refractivity contribution in [1.29, 1.82) is 0 Å². The lowest BCUT2D eigenvalue weighted by atomic mass is 9.96. The maximum Gasteiger partial charge on any atom is 0.258 e. The Bertz CT molecular complexity index is 720. The highest BCUT2D eigenvalue weighted by molar-refractivity contribution is 6.21. The van der Waals surface area contributed by atoms with Crippen LogP contribution in [-0.4, -0.2) is 24.1 Å². The molecular weight excluding hydrogens is 316 g/mol. The second-order valence-corrected chi connectivity index (χ2v) is 5.80. The highest BCUT2D eigenvalue weighted by Gasteiger charge is 2.25. The molecule has 2 aromatic carbocycles. The molecule has 1 aliphatic heterocycles. The maximum absolute atomic E-state index is 11.7. The molecule has 0 saturated heterocycles. The molecule has 5 nitrogen and oxygen atoms in total. The predicted molar refractivity (Wildman–Crippen MR) is 96.2 cm³/mol. The van der Waals surface area contributed by atoms with Gasteiger partial charge in [-0.3, -0.25) is 19.7 Å². The topological polar surface area (TPSA) is 89.3 Å². The number of fused-ring (bicyclic) bond motifs is 1. The number of rotatable bonds is 5. The van der Waals surface area contributed by atoms with Crippen molar-refractivity contribution >= 4 is 17.6 Å². The summed E-state index contributed by atoms with van der Waals surface area (Å²) in [5.74, 6) is -0.326. The van der Waals surface area contributed by atoms with Gasteiger partial charge in [0, 0.05) is 18.9 Å². The fraction of sp³-hybridized carbons (Fsp3) is 0.250. The van der Waals surface area contributed by atoms with Crippen LogP contribution in [0.1, 0.15) is 39.6 Å². The molecule has 1 unspecified atom stereocenters. The Morgan fingerprint density at radius 3 is 1.96 bits per heavy atom. The van der Waals surface area contributed by atoms with E-state index in [0.717, 1.165) is 12.0 Å². The Kier molecular flexibility index (Phi) is 6.60. The zero-order chi connectivity index (χ0) is 18.2. The van der Waals surface area contributed by atoms with Gasteiger partial charge in [0.1, 0.15) is 5.78 Å². The van der Waals surface area contributed by atoms with Crippen molar-refractivity contribution in [2.24, 2.45) is 11.7 Å². The molecule has 0 aromatic heterocycles. The number of carbonyl (C=O) groups excluding carboxylic acids is 3. The molecule has 0 radical (unpaired) electrons. The molecule has 0 bridgehead atoms. The summed E-state index contributed by atoms with van der Waals surface area (Å²) in [7, 11) is 0. The van der Waals surface area contributed by atoms with E-state index >= 15 is 0 Å². The first-order valence-corrected chi connectivity index (χ1v) is 8.28. The average Bonchev–Trinajstić information content (AvgIpc) is 2.92. The van der Waals surface area contributed by atoms with E-state index in [9.17, 15) is 14.4 Å². The van der Waals surface area contributed by atoms with Gasteiger partial charge in [0.2, 0.25) is 0 Å². The van der Waals surface area contributed by atoms with Crippen LogP contribution in [0.5, 0.6) is 0 Å². The van der Waals surface area contributed by atoms with Crippen LogP contribution in [0.15, 0.2) is 54.6 Å². The summed E-state index contributed by atoms with van der Waals surface area (Å²) in [6, 6.07) is 16.5. The fourth-order valence-corrected chi connectivity index (χ4v) is 2.58. The minimum Gasteiger partial charge on any atom is -0.330 e. The van der Waals surface area contributed by atoms with Crippen molar-refractivity contribution in [3.8, 4) is 0 Å². The third-order valence-electron chi connectivity index (χ3n) is 4.10. The molecule has 0 saturated carbocycles.